The summed E-state index contributed by atoms with van der Waals surface area (Å²) in [4.78, 5) is 14.4. The Kier molecular flexibility index (Phi) is 6.63. The largest absolute Gasteiger partial charge is 0.336 e. The number of piperidine rings is 1. The number of hydrogen-bond donors (Lipinski definition) is 1. The normalized spacial score (nSPS) is 18.8. The van der Waals surface area contributed by atoms with Crippen molar-refractivity contribution in [3.05, 3.63) is 34.9 Å². The number of benzene rings is 1. The maximum absolute atomic E-state index is 12.4. The zero-order valence-electron chi connectivity index (χ0n) is 10.8. The molecule has 1 atom stereocenters. The van der Waals surface area contributed by atoms with Gasteiger partial charge in [-0.3, -0.25) is 4.79 Å². The number of nitrogens with two attached hydrogens (primary N) is 1. The summed E-state index contributed by atoms with van der Waals surface area (Å²) in [5.41, 5.74) is 6.34. The van der Waals surface area contributed by atoms with Crippen LogP contribution in [0, 0.1) is 0 Å². The molecule has 19 heavy (non-hydrogen) atoms. The van der Waals surface area contributed by atoms with Crippen LogP contribution in [0.1, 0.15) is 36.0 Å². The molecule has 1 amide bonds. The van der Waals surface area contributed by atoms with Crippen molar-refractivity contribution in [3.63, 3.8) is 0 Å². The first kappa shape index (κ1) is 16.3. The second-order valence-electron chi connectivity index (χ2n) is 4.73. The lowest BCUT2D eigenvalue weighted by molar-refractivity contribution is 0.0605. The minimum Gasteiger partial charge on any atom is -0.336 e. The zero-order valence-corrected chi connectivity index (χ0v) is 12.4. The molecule has 0 aliphatic carbocycles. The molecule has 1 aliphatic rings. The van der Waals surface area contributed by atoms with Crippen molar-refractivity contribution in [2.24, 2.45) is 5.73 Å². The molecule has 0 bridgehead atoms. The van der Waals surface area contributed by atoms with Crippen LogP contribution in [0.4, 0.5) is 0 Å². The summed E-state index contributed by atoms with van der Waals surface area (Å²) in [6, 6.07) is 7.40. The quantitative estimate of drug-likeness (QED) is 0.932. The zero-order chi connectivity index (χ0) is 13.0. The third kappa shape index (κ3) is 4.10. The molecular formula is C14H20Cl2N2O. The number of carbonyl (C=O) groups excluding carboxylic acids is 1. The van der Waals surface area contributed by atoms with Gasteiger partial charge < -0.3 is 10.6 Å². The molecular weight excluding hydrogens is 283 g/mol. The molecule has 0 spiro atoms. The molecule has 2 N–H and O–H groups in total. The third-order valence-electron chi connectivity index (χ3n) is 3.48. The third-order valence-corrected chi connectivity index (χ3v) is 3.73. The van der Waals surface area contributed by atoms with Gasteiger partial charge in [-0.05, 0) is 56.5 Å². The molecule has 1 aliphatic heterocycles. The summed E-state index contributed by atoms with van der Waals surface area (Å²) in [5.74, 6) is 0.102. The van der Waals surface area contributed by atoms with Gasteiger partial charge in [0.15, 0.2) is 0 Å². The Balaban J connectivity index is 0.00000180. The van der Waals surface area contributed by atoms with Crippen LogP contribution in [0.3, 0.4) is 0 Å². The fourth-order valence-corrected chi connectivity index (χ4v) is 2.64. The Labute approximate surface area is 125 Å². The Morgan fingerprint density at radius 1 is 1.32 bits per heavy atom. The molecule has 0 aromatic heterocycles. The molecule has 2 rings (SSSR count). The first-order valence-electron chi connectivity index (χ1n) is 6.49. The predicted molar refractivity (Wildman–Crippen MR) is 81.0 cm³/mol. The second-order valence-corrected chi connectivity index (χ2v) is 5.17. The number of rotatable bonds is 3. The Bertz CT molecular complexity index is 406. The summed E-state index contributed by atoms with van der Waals surface area (Å²) in [7, 11) is 0. The monoisotopic (exact) mass is 302 g/mol. The second kappa shape index (κ2) is 7.73. The molecule has 1 aromatic rings. The van der Waals surface area contributed by atoms with Gasteiger partial charge in [-0.1, -0.05) is 11.6 Å². The van der Waals surface area contributed by atoms with Crippen LogP contribution in [0.15, 0.2) is 24.3 Å². The first-order chi connectivity index (χ1) is 8.72. The average molecular weight is 303 g/mol. The number of nitrogens with zero attached hydrogens (tertiary/aromatic N) is 1. The van der Waals surface area contributed by atoms with Gasteiger partial charge in [0.1, 0.15) is 0 Å². The fourth-order valence-electron chi connectivity index (χ4n) is 2.52. The predicted octanol–water partition coefficient (Wildman–Crippen LogP) is 3.11. The van der Waals surface area contributed by atoms with Crippen LogP contribution in [-0.4, -0.2) is 29.9 Å². The standard InChI is InChI=1S/C14H19ClN2O.ClH/c15-12-6-4-11(5-7-12)14(18)17-10-2-1-3-13(17)8-9-16;/h4-7,13H,1-3,8-10,16H2;1H. The van der Waals surface area contributed by atoms with E-state index in [4.69, 9.17) is 17.3 Å². The highest BCUT2D eigenvalue weighted by Crippen LogP contribution is 2.22. The molecule has 1 aromatic carbocycles. The van der Waals surface area contributed by atoms with Gasteiger partial charge in [0, 0.05) is 23.2 Å². The first-order valence-corrected chi connectivity index (χ1v) is 6.87. The van der Waals surface area contributed by atoms with Gasteiger partial charge in [0.25, 0.3) is 5.91 Å². The summed E-state index contributed by atoms with van der Waals surface area (Å²) in [5, 5.41) is 0.656. The SMILES string of the molecule is Cl.NCCC1CCCCN1C(=O)c1ccc(Cl)cc1. The molecule has 1 fully saturated rings. The van der Waals surface area contributed by atoms with E-state index in [0.29, 0.717) is 23.2 Å². The molecule has 1 heterocycles. The average Bonchev–Trinajstić information content (AvgIpc) is 2.40. The minimum atomic E-state index is 0. The van der Waals surface area contributed by atoms with E-state index in [1.165, 1.54) is 6.42 Å². The van der Waals surface area contributed by atoms with Gasteiger partial charge in [0.2, 0.25) is 0 Å². The molecule has 106 valence electrons. The molecule has 0 saturated carbocycles. The Morgan fingerprint density at radius 3 is 2.63 bits per heavy atom. The molecule has 1 saturated heterocycles. The number of halogens is 2. The fraction of sp³-hybridized carbons (Fsp3) is 0.500. The van der Waals surface area contributed by atoms with Crippen LogP contribution in [0.2, 0.25) is 5.02 Å². The van der Waals surface area contributed by atoms with Gasteiger partial charge in [0.05, 0.1) is 0 Å². The van der Waals surface area contributed by atoms with E-state index in [0.717, 1.165) is 25.8 Å². The highest BCUT2D eigenvalue weighted by Gasteiger charge is 2.26. The number of hydrogen-bond acceptors (Lipinski definition) is 2. The molecule has 0 radical (unpaired) electrons. The van der Waals surface area contributed by atoms with Gasteiger partial charge in [-0.15, -0.1) is 12.4 Å². The highest BCUT2D eigenvalue weighted by atomic mass is 35.5. The van der Waals surface area contributed by atoms with E-state index in [9.17, 15) is 4.79 Å². The lowest BCUT2D eigenvalue weighted by Gasteiger charge is -2.35. The van der Waals surface area contributed by atoms with Gasteiger partial charge >= 0.3 is 0 Å². The van der Waals surface area contributed by atoms with Gasteiger partial charge in [-0.2, -0.15) is 0 Å². The van der Waals surface area contributed by atoms with Crippen molar-refractivity contribution < 1.29 is 4.79 Å². The van der Waals surface area contributed by atoms with E-state index >= 15 is 0 Å². The number of likely N-dealkylation sites (tertiary alicyclic amines) is 1. The summed E-state index contributed by atoms with van der Waals surface area (Å²) >= 11 is 5.84. The summed E-state index contributed by atoms with van der Waals surface area (Å²) < 4.78 is 0. The van der Waals surface area contributed by atoms with Crippen molar-refractivity contribution in [1.29, 1.82) is 0 Å². The minimum absolute atomic E-state index is 0. The lowest BCUT2D eigenvalue weighted by Crippen LogP contribution is -2.44. The maximum atomic E-state index is 12.4. The van der Waals surface area contributed by atoms with Crippen LogP contribution >= 0.6 is 24.0 Å². The summed E-state index contributed by atoms with van der Waals surface area (Å²) in [6.07, 6.45) is 4.23. The van der Waals surface area contributed by atoms with E-state index in [2.05, 4.69) is 0 Å². The van der Waals surface area contributed by atoms with E-state index in [1.807, 2.05) is 4.90 Å². The van der Waals surface area contributed by atoms with Crippen molar-refractivity contribution in [3.8, 4) is 0 Å². The highest BCUT2D eigenvalue weighted by molar-refractivity contribution is 6.30. The van der Waals surface area contributed by atoms with Gasteiger partial charge in [-0.25, -0.2) is 0 Å². The van der Waals surface area contributed by atoms with Crippen molar-refractivity contribution in [2.45, 2.75) is 31.7 Å². The summed E-state index contributed by atoms with van der Waals surface area (Å²) in [6.45, 7) is 1.47. The maximum Gasteiger partial charge on any atom is 0.254 e. The van der Waals surface area contributed by atoms with E-state index in [-0.39, 0.29) is 18.3 Å². The van der Waals surface area contributed by atoms with E-state index in [1.54, 1.807) is 24.3 Å². The van der Waals surface area contributed by atoms with Crippen LogP contribution in [0.25, 0.3) is 0 Å². The number of carbonyl (C=O) groups is 1. The van der Waals surface area contributed by atoms with Crippen molar-refractivity contribution in [1.82, 2.24) is 4.90 Å². The van der Waals surface area contributed by atoms with Crippen LogP contribution in [-0.2, 0) is 0 Å². The Morgan fingerprint density at radius 2 is 2.00 bits per heavy atom. The van der Waals surface area contributed by atoms with Crippen LogP contribution < -0.4 is 5.73 Å². The number of amides is 1. The van der Waals surface area contributed by atoms with Crippen molar-refractivity contribution >= 4 is 29.9 Å². The lowest BCUT2D eigenvalue weighted by atomic mass is 9.98. The molecule has 3 nitrogen and oxygen atoms in total. The van der Waals surface area contributed by atoms with E-state index < -0.39 is 0 Å². The van der Waals surface area contributed by atoms with Crippen LogP contribution in [0.5, 0.6) is 0 Å². The smallest absolute Gasteiger partial charge is 0.254 e. The van der Waals surface area contributed by atoms with Crippen molar-refractivity contribution in [2.75, 3.05) is 13.1 Å². The molecule has 1 unspecified atom stereocenters. The topological polar surface area (TPSA) is 46.3 Å². The Hall–Kier alpha value is -0.770. The molecule has 5 heteroatoms.